The first kappa shape index (κ1) is 18.2. The van der Waals surface area contributed by atoms with Crippen LogP contribution in [0.3, 0.4) is 0 Å². The fourth-order valence-corrected chi connectivity index (χ4v) is 2.12. The standard InChI is InChI=1S/C16H22N4O.ClH/c1-11(8-17)9-18-16(21)14-10-19-20(13(14)3)15-7-5-4-6-12(15)2;/h4-7,10-11H,8-9,17H2,1-3H3,(H,18,21);1H. The summed E-state index contributed by atoms with van der Waals surface area (Å²) in [6, 6.07) is 7.97. The van der Waals surface area contributed by atoms with E-state index in [1.54, 1.807) is 10.9 Å². The van der Waals surface area contributed by atoms with Crippen molar-refractivity contribution < 1.29 is 4.79 Å². The molecule has 0 fully saturated rings. The largest absolute Gasteiger partial charge is 0.352 e. The molecule has 0 aliphatic heterocycles. The number of hydrogen-bond acceptors (Lipinski definition) is 3. The third kappa shape index (κ3) is 3.87. The van der Waals surface area contributed by atoms with Gasteiger partial charge in [0.05, 0.1) is 23.1 Å². The number of carbonyl (C=O) groups is 1. The number of nitrogens with two attached hydrogens (primary N) is 1. The Kier molecular flexibility index (Phi) is 6.59. The number of aryl methyl sites for hydroxylation is 1. The Morgan fingerprint density at radius 1 is 1.36 bits per heavy atom. The summed E-state index contributed by atoms with van der Waals surface area (Å²) in [5.74, 6) is 0.160. The highest BCUT2D eigenvalue weighted by molar-refractivity contribution is 5.95. The van der Waals surface area contributed by atoms with E-state index in [-0.39, 0.29) is 24.2 Å². The van der Waals surface area contributed by atoms with Crippen molar-refractivity contribution in [1.82, 2.24) is 15.1 Å². The third-order valence-electron chi connectivity index (χ3n) is 3.61. The summed E-state index contributed by atoms with van der Waals surface area (Å²) in [7, 11) is 0. The number of amides is 1. The molecular formula is C16H23ClN4O. The van der Waals surface area contributed by atoms with Gasteiger partial charge < -0.3 is 11.1 Å². The Morgan fingerprint density at radius 3 is 2.68 bits per heavy atom. The number of halogens is 1. The van der Waals surface area contributed by atoms with E-state index in [1.165, 1.54) is 0 Å². The molecule has 3 N–H and O–H groups in total. The minimum Gasteiger partial charge on any atom is -0.352 e. The van der Waals surface area contributed by atoms with Crippen LogP contribution >= 0.6 is 12.4 Å². The lowest BCUT2D eigenvalue weighted by atomic mass is 10.1. The Bertz CT molecular complexity index is 639. The summed E-state index contributed by atoms with van der Waals surface area (Å²) in [6.07, 6.45) is 1.62. The highest BCUT2D eigenvalue weighted by Crippen LogP contribution is 2.17. The summed E-state index contributed by atoms with van der Waals surface area (Å²) in [5, 5.41) is 7.24. The van der Waals surface area contributed by atoms with Gasteiger partial charge in [-0.05, 0) is 37.9 Å². The number of nitrogens with zero attached hydrogens (tertiary/aromatic N) is 2. The molecule has 1 aromatic carbocycles. The molecule has 0 saturated carbocycles. The van der Waals surface area contributed by atoms with E-state index in [0.29, 0.717) is 18.7 Å². The van der Waals surface area contributed by atoms with Crippen molar-refractivity contribution in [3.05, 3.63) is 47.3 Å². The first-order valence-electron chi connectivity index (χ1n) is 7.13. The van der Waals surface area contributed by atoms with E-state index >= 15 is 0 Å². The number of carbonyl (C=O) groups excluding carboxylic acids is 1. The number of aromatic nitrogens is 2. The van der Waals surface area contributed by atoms with Gasteiger partial charge in [-0.1, -0.05) is 25.1 Å². The van der Waals surface area contributed by atoms with Gasteiger partial charge in [-0.15, -0.1) is 12.4 Å². The molecule has 0 spiro atoms. The molecule has 0 bridgehead atoms. The van der Waals surface area contributed by atoms with Gasteiger partial charge in [-0.25, -0.2) is 4.68 Å². The SMILES string of the molecule is Cc1ccccc1-n1ncc(C(=O)NCC(C)CN)c1C.Cl. The highest BCUT2D eigenvalue weighted by atomic mass is 35.5. The van der Waals surface area contributed by atoms with Gasteiger partial charge in [0.2, 0.25) is 0 Å². The second-order valence-corrected chi connectivity index (χ2v) is 5.39. The quantitative estimate of drug-likeness (QED) is 0.886. The molecule has 5 nitrogen and oxygen atoms in total. The molecule has 0 radical (unpaired) electrons. The van der Waals surface area contributed by atoms with Crippen LogP contribution in [0.25, 0.3) is 5.69 Å². The van der Waals surface area contributed by atoms with Gasteiger partial charge in [0.15, 0.2) is 0 Å². The molecule has 6 heteroatoms. The van der Waals surface area contributed by atoms with Gasteiger partial charge in [0.1, 0.15) is 0 Å². The number of hydrogen-bond donors (Lipinski definition) is 2. The zero-order valence-corrected chi connectivity index (χ0v) is 14.0. The van der Waals surface area contributed by atoms with Crippen molar-refractivity contribution in [3.63, 3.8) is 0 Å². The Labute approximate surface area is 137 Å². The Hall–Kier alpha value is -1.85. The number of nitrogens with one attached hydrogen (secondary N) is 1. The molecule has 2 rings (SSSR count). The van der Waals surface area contributed by atoms with Gasteiger partial charge in [0.25, 0.3) is 5.91 Å². The zero-order valence-electron chi connectivity index (χ0n) is 13.2. The molecule has 22 heavy (non-hydrogen) atoms. The molecular weight excluding hydrogens is 300 g/mol. The molecule has 120 valence electrons. The van der Waals surface area contributed by atoms with Crippen molar-refractivity contribution in [2.24, 2.45) is 11.7 Å². The van der Waals surface area contributed by atoms with E-state index in [1.807, 2.05) is 45.0 Å². The van der Waals surface area contributed by atoms with Crippen LogP contribution in [0.2, 0.25) is 0 Å². The maximum atomic E-state index is 12.2. The van der Waals surface area contributed by atoms with Gasteiger partial charge in [-0.3, -0.25) is 4.79 Å². The van der Waals surface area contributed by atoms with E-state index in [0.717, 1.165) is 16.9 Å². The fraction of sp³-hybridized carbons (Fsp3) is 0.375. The van der Waals surface area contributed by atoms with Crippen LogP contribution in [-0.4, -0.2) is 28.8 Å². The summed E-state index contributed by atoms with van der Waals surface area (Å²) in [4.78, 5) is 12.2. The molecule has 0 aliphatic rings. The zero-order chi connectivity index (χ0) is 15.4. The number of rotatable bonds is 5. The van der Waals surface area contributed by atoms with Crippen LogP contribution in [0.4, 0.5) is 0 Å². The molecule has 1 aromatic heterocycles. The van der Waals surface area contributed by atoms with Crippen LogP contribution in [-0.2, 0) is 0 Å². The lowest BCUT2D eigenvalue weighted by Crippen LogP contribution is -2.31. The average molecular weight is 323 g/mol. The van der Waals surface area contributed by atoms with Crippen molar-refractivity contribution >= 4 is 18.3 Å². The fourth-order valence-electron chi connectivity index (χ4n) is 2.12. The number of benzene rings is 1. The highest BCUT2D eigenvalue weighted by Gasteiger charge is 2.16. The predicted molar refractivity (Wildman–Crippen MR) is 90.8 cm³/mol. The minimum atomic E-state index is -0.104. The maximum Gasteiger partial charge on any atom is 0.254 e. The first-order valence-corrected chi connectivity index (χ1v) is 7.13. The second kappa shape index (κ2) is 7.96. The second-order valence-electron chi connectivity index (χ2n) is 5.39. The summed E-state index contributed by atoms with van der Waals surface area (Å²) in [5.41, 5.74) is 9.10. The number of para-hydroxylation sites is 1. The maximum absolute atomic E-state index is 12.2. The lowest BCUT2D eigenvalue weighted by molar-refractivity contribution is 0.0948. The van der Waals surface area contributed by atoms with Crippen LogP contribution in [0.1, 0.15) is 28.5 Å². The normalized spacial score (nSPS) is 11.6. The molecule has 0 aliphatic carbocycles. The van der Waals surface area contributed by atoms with E-state index in [2.05, 4.69) is 10.4 Å². The van der Waals surface area contributed by atoms with Crippen LogP contribution in [0.5, 0.6) is 0 Å². The summed E-state index contributed by atoms with van der Waals surface area (Å²) < 4.78 is 1.80. The van der Waals surface area contributed by atoms with E-state index in [4.69, 9.17) is 5.73 Å². The van der Waals surface area contributed by atoms with Crippen LogP contribution in [0, 0.1) is 19.8 Å². The Morgan fingerprint density at radius 2 is 2.05 bits per heavy atom. The van der Waals surface area contributed by atoms with Gasteiger partial charge in [-0.2, -0.15) is 5.10 Å². The molecule has 1 heterocycles. The van der Waals surface area contributed by atoms with E-state index in [9.17, 15) is 4.79 Å². The van der Waals surface area contributed by atoms with E-state index < -0.39 is 0 Å². The van der Waals surface area contributed by atoms with Crippen LogP contribution in [0.15, 0.2) is 30.5 Å². The molecule has 1 unspecified atom stereocenters. The molecule has 1 amide bonds. The summed E-state index contributed by atoms with van der Waals surface area (Å²) in [6.45, 7) is 7.07. The molecule has 2 aromatic rings. The lowest BCUT2D eigenvalue weighted by Gasteiger charge is -2.11. The third-order valence-corrected chi connectivity index (χ3v) is 3.61. The average Bonchev–Trinajstić information content (AvgIpc) is 2.86. The molecule has 0 saturated heterocycles. The Balaban J connectivity index is 0.00000242. The van der Waals surface area contributed by atoms with Gasteiger partial charge in [0, 0.05) is 6.54 Å². The predicted octanol–water partition coefficient (Wildman–Crippen LogP) is 2.24. The minimum absolute atomic E-state index is 0. The summed E-state index contributed by atoms with van der Waals surface area (Å²) >= 11 is 0. The van der Waals surface area contributed by atoms with Crippen molar-refractivity contribution in [1.29, 1.82) is 0 Å². The van der Waals surface area contributed by atoms with Gasteiger partial charge >= 0.3 is 0 Å². The molecule has 1 atom stereocenters. The van der Waals surface area contributed by atoms with Crippen molar-refractivity contribution in [2.75, 3.05) is 13.1 Å². The monoisotopic (exact) mass is 322 g/mol. The smallest absolute Gasteiger partial charge is 0.254 e. The topological polar surface area (TPSA) is 72.9 Å². The first-order chi connectivity index (χ1) is 10.0. The van der Waals surface area contributed by atoms with Crippen molar-refractivity contribution in [3.8, 4) is 5.69 Å². The van der Waals surface area contributed by atoms with Crippen molar-refractivity contribution in [2.45, 2.75) is 20.8 Å². The van der Waals surface area contributed by atoms with Crippen LogP contribution < -0.4 is 11.1 Å².